The highest BCUT2D eigenvalue weighted by atomic mass is 127. The van der Waals surface area contributed by atoms with Crippen molar-refractivity contribution in [2.75, 3.05) is 34.0 Å². The Hall–Kier alpha value is -2.71. The number of nitrogens with one attached hydrogen (secondary N) is 1. The number of hydrogen-bond acceptors (Lipinski definition) is 8. The number of aryl methyl sites for hydroxylation is 1. The van der Waals surface area contributed by atoms with Gasteiger partial charge < -0.3 is 39.7 Å². The maximum absolute atomic E-state index is 13.5. The zero-order valence-corrected chi connectivity index (χ0v) is 25.1. The summed E-state index contributed by atoms with van der Waals surface area (Å²) in [6, 6.07) is 10.3. The quantitative estimate of drug-likeness (QED) is 0.238. The van der Waals surface area contributed by atoms with Gasteiger partial charge in [-0.15, -0.1) is 0 Å². The first-order chi connectivity index (χ1) is 19.2. The Morgan fingerprint density at radius 2 is 1.85 bits per heavy atom. The van der Waals surface area contributed by atoms with Crippen LogP contribution in [0.5, 0.6) is 11.5 Å². The minimum absolute atomic E-state index is 0.0586. The lowest BCUT2D eigenvalue weighted by Gasteiger charge is -2.40. The average Bonchev–Trinajstić information content (AvgIpc) is 2.96. The lowest BCUT2D eigenvalue weighted by molar-refractivity contribution is -0.140. The van der Waals surface area contributed by atoms with E-state index in [9.17, 15) is 24.9 Å². The van der Waals surface area contributed by atoms with Gasteiger partial charge in [0.25, 0.3) is 0 Å². The number of amides is 2. The predicted molar refractivity (Wildman–Crippen MR) is 157 cm³/mol. The zero-order chi connectivity index (χ0) is 29.2. The van der Waals surface area contributed by atoms with Crippen LogP contribution >= 0.6 is 22.6 Å². The molecule has 4 N–H and O–H groups in total. The molecule has 2 aromatic carbocycles. The number of hydrogen-bond donors (Lipinski definition) is 4. The van der Waals surface area contributed by atoms with E-state index in [1.165, 1.54) is 14.2 Å². The van der Waals surface area contributed by atoms with E-state index in [1.807, 2.05) is 31.2 Å². The van der Waals surface area contributed by atoms with E-state index >= 15 is 0 Å². The van der Waals surface area contributed by atoms with Crippen LogP contribution < -0.4 is 14.8 Å². The number of rotatable bonds is 13. The smallest absolute Gasteiger partial charge is 0.247 e. The van der Waals surface area contributed by atoms with Crippen LogP contribution in [0.15, 0.2) is 48.0 Å². The average molecular weight is 669 g/mol. The molecule has 3 atom stereocenters. The van der Waals surface area contributed by atoms with Crippen molar-refractivity contribution < 1.29 is 39.1 Å². The fourth-order valence-electron chi connectivity index (χ4n) is 4.51. The Labute approximate surface area is 248 Å². The van der Waals surface area contributed by atoms with Gasteiger partial charge in [-0.3, -0.25) is 9.59 Å². The third kappa shape index (κ3) is 8.16. The molecular weight excluding hydrogens is 631 g/mol. The van der Waals surface area contributed by atoms with Gasteiger partial charge in [-0.25, -0.2) is 0 Å². The van der Waals surface area contributed by atoms with Crippen molar-refractivity contribution in [1.82, 2.24) is 10.2 Å². The number of aliphatic hydroxyl groups excluding tert-OH is 3. The van der Waals surface area contributed by atoms with E-state index in [-0.39, 0.29) is 51.7 Å². The van der Waals surface area contributed by atoms with Crippen LogP contribution in [-0.2, 0) is 27.5 Å². The molecule has 1 aliphatic carbocycles. The number of ether oxygens (including phenoxy) is 3. The Morgan fingerprint density at radius 1 is 1.12 bits per heavy atom. The number of aliphatic hydroxyl groups is 3. The maximum atomic E-state index is 13.5. The molecule has 0 radical (unpaired) electrons. The number of methoxy groups -OCH3 is 2. The minimum Gasteiger partial charge on any atom is -0.493 e. The second-order valence-corrected chi connectivity index (χ2v) is 10.7. The van der Waals surface area contributed by atoms with Gasteiger partial charge in [-0.05, 0) is 58.9 Å². The van der Waals surface area contributed by atoms with Crippen LogP contribution in [0.3, 0.4) is 0 Å². The first kappa shape index (κ1) is 31.8. The van der Waals surface area contributed by atoms with E-state index in [2.05, 4.69) is 27.9 Å². The van der Waals surface area contributed by atoms with Crippen LogP contribution in [0.2, 0.25) is 0 Å². The van der Waals surface area contributed by atoms with Crippen molar-refractivity contribution in [1.29, 1.82) is 0 Å². The lowest BCUT2D eigenvalue weighted by atomic mass is 9.87. The largest absolute Gasteiger partial charge is 0.493 e. The molecule has 1 aliphatic rings. The Balaban J connectivity index is 2.02. The van der Waals surface area contributed by atoms with E-state index in [4.69, 9.17) is 14.2 Å². The van der Waals surface area contributed by atoms with Crippen molar-refractivity contribution in [3.05, 3.63) is 68.3 Å². The fourth-order valence-corrected chi connectivity index (χ4v) is 5.30. The van der Waals surface area contributed by atoms with Gasteiger partial charge in [0.1, 0.15) is 12.2 Å². The molecule has 0 bridgehead atoms. The summed E-state index contributed by atoms with van der Waals surface area (Å²) in [6.45, 7) is 2.04. The molecule has 0 saturated heterocycles. The second kappa shape index (κ2) is 15.3. The van der Waals surface area contributed by atoms with E-state index in [1.54, 1.807) is 23.1 Å². The summed E-state index contributed by atoms with van der Waals surface area (Å²) >= 11 is 2.06. The third-order valence-electron chi connectivity index (χ3n) is 6.65. The molecule has 0 aliphatic heterocycles. The molecule has 10 nitrogen and oxygen atoms in total. The number of benzene rings is 2. The van der Waals surface area contributed by atoms with Gasteiger partial charge in [0.05, 0.1) is 43.0 Å². The Bertz CT molecular complexity index is 1190. The summed E-state index contributed by atoms with van der Waals surface area (Å²) in [5.74, 6) is 0.0444. The van der Waals surface area contributed by atoms with Crippen LogP contribution in [0.1, 0.15) is 29.5 Å². The first-order valence-electron chi connectivity index (χ1n) is 13.0. The molecule has 11 heteroatoms. The normalized spacial score (nSPS) is 18.6. The van der Waals surface area contributed by atoms with Gasteiger partial charge >= 0.3 is 0 Å². The van der Waals surface area contributed by atoms with Crippen LogP contribution in [-0.4, -0.2) is 84.3 Å². The molecule has 0 fully saturated rings. The SMILES string of the molecule is COCCC(=O)N(Cc1ccc(C)cc1)[C@@H]1CC(C(=O)NCCO)=C[C@H](Oc2c(I)cc(CO)cc2OC)[C@H]1O. The van der Waals surface area contributed by atoms with E-state index in [0.717, 1.165) is 11.1 Å². The molecular formula is C29H37IN2O8. The Kier molecular flexibility index (Phi) is 12.2. The molecule has 2 aromatic rings. The fraction of sp³-hybridized carbons (Fsp3) is 0.448. The highest BCUT2D eigenvalue weighted by molar-refractivity contribution is 14.1. The predicted octanol–water partition coefficient (Wildman–Crippen LogP) is 2.08. The van der Waals surface area contributed by atoms with Crippen LogP contribution in [0.4, 0.5) is 0 Å². The standard InChI is InChI=1S/C29H37IN2O8/c1-18-4-6-19(7-5-18)16-32(26(35)8-11-38-2)23-14-21(29(37)31-9-10-33)15-24(27(23)36)40-28-22(30)12-20(17-34)13-25(28)39-3/h4-7,12-13,15,23-24,27,33-34,36H,8-11,14,16-17H2,1-3H3,(H,31,37)/t23-,24+,27+/m1/s1. The van der Waals surface area contributed by atoms with Gasteiger partial charge in [0.2, 0.25) is 11.8 Å². The molecule has 2 amide bonds. The van der Waals surface area contributed by atoms with Crippen molar-refractivity contribution >= 4 is 34.4 Å². The van der Waals surface area contributed by atoms with Crippen LogP contribution in [0, 0.1) is 10.5 Å². The van der Waals surface area contributed by atoms with Crippen molar-refractivity contribution in [2.45, 2.75) is 51.2 Å². The first-order valence-corrected chi connectivity index (χ1v) is 14.1. The topological polar surface area (TPSA) is 138 Å². The molecule has 0 heterocycles. The molecule has 40 heavy (non-hydrogen) atoms. The maximum Gasteiger partial charge on any atom is 0.247 e. The van der Waals surface area contributed by atoms with Gasteiger partial charge in [-0.2, -0.15) is 0 Å². The van der Waals surface area contributed by atoms with Gasteiger partial charge in [0.15, 0.2) is 11.5 Å². The monoisotopic (exact) mass is 668 g/mol. The van der Waals surface area contributed by atoms with E-state index < -0.39 is 24.2 Å². The van der Waals surface area contributed by atoms with Crippen LogP contribution in [0.25, 0.3) is 0 Å². The molecule has 0 spiro atoms. The molecule has 0 unspecified atom stereocenters. The molecule has 218 valence electrons. The van der Waals surface area contributed by atoms with Gasteiger partial charge in [-0.1, -0.05) is 29.8 Å². The minimum atomic E-state index is -1.19. The van der Waals surface area contributed by atoms with E-state index in [0.29, 0.717) is 26.2 Å². The van der Waals surface area contributed by atoms with Gasteiger partial charge in [0, 0.05) is 32.2 Å². The number of halogens is 1. The summed E-state index contributed by atoms with van der Waals surface area (Å²) < 4.78 is 17.5. The number of carbonyl (C=O) groups is 2. The second-order valence-electron chi connectivity index (χ2n) is 9.53. The summed E-state index contributed by atoms with van der Waals surface area (Å²) in [7, 11) is 2.99. The summed E-state index contributed by atoms with van der Waals surface area (Å²) in [5.41, 5.74) is 2.90. The number of carbonyl (C=O) groups excluding carboxylic acids is 2. The highest BCUT2D eigenvalue weighted by Gasteiger charge is 2.41. The summed E-state index contributed by atoms with van der Waals surface area (Å²) in [6.07, 6.45) is -0.467. The highest BCUT2D eigenvalue weighted by Crippen LogP contribution is 2.37. The Morgan fingerprint density at radius 3 is 2.48 bits per heavy atom. The lowest BCUT2D eigenvalue weighted by Crippen LogP contribution is -2.55. The van der Waals surface area contributed by atoms with Crippen molar-refractivity contribution in [3.63, 3.8) is 0 Å². The summed E-state index contributed by atoms with van der Waals surface area (Å²) in [4.78, 5) is 28.1. The zero-order valence-electron chi connectivity index (χ0n) is 22.9. The summed E-state index contributed by atoms with van der Waals surface area (Å²) in [5, 5.41) is 33.1. The third-order valence-corrected chi connectivity index (χ3v) is 7.46. The molecule has 0 aromatic heterocycles. The van der Waals surface area contributed by atoms with Crippen molar-refractivity contribution in [3.8, 4) is 11.5 Å². The van der Waals surface area contributed by atoms with Crippen molar-refractivity contribution in [2.24, 2.45) is 0 Å². The number of nitrogens with zero attached hydrogens (tertiary/aromatic N) is 1. The molecule has 3 rings (SSSR count). The molecule has 0 saturated carbocycles.